The van der Waals surface area contributed by atoms with Crippen molar-refractivity contribution in [3.05, 3.63) is 18.0 Å². The van der Waals surface area contributed by atoms with Gasteiger partial charge in [0.05, 0.1) is 12.8 Å². The summed E-state index contributed by atoms with van der Waals surface area (Å²) in [5.74, 6) is -0.317. The molecule has 8 nitrogen and oxygen atoms in total. The molecular formula is C11H17N5O3. The predicted molar refractivity (Wildman–Crippen MR) is 67.4 cm³/mol. The highest BCUT2D eigenvalue weighted by atomic mass is 16.7. The standard InChI is InChI=1S/C11H17N5O3/c17-10(9-3-7-15-19-9)16-18-8-2-6-14-11-12-4-1-5-13-11/h3-4,7,11,13-14H,1-2,5-6,8H2,(H,16,17). The Morgan fingerprint density at radius 1 is 1.63 bits per heavy atom. The van der Waals surface area contributed by atoms with E-state index in [1.165, 1.54) is 12.3 Å². The monoisotopic (exact) mass is 267 g/mol. The lowest BCUT2D eigenvalue weighted by molar-refractivity contribution is 0.0273. The van der Waals surface area contributed by atoms with Gasteiger partial charge in [-0.3, -0.25) is 25.3 Å². The Labute approximate surface area is 110 Å². The van der Waals surface area contributed by atoms with Gasteiger partial charge in [0, 0.05) is 25.4 Å². The molecule has 1 aromatic rings. The maximum absolute atomic E-state index is 11.4. The van der Waals surface area contributed by atoms with E-state index in [9.17, 15) is 4.79 Å². The number of hydroxylamine groups is 1. The number of carbonyl (C=O) groups is 1. The molecule has 1 amide bonds. The van der Waals surface area contributed by atoms with Crippen LogP contribution in [0.5, 0.6) is 0 Å². The maximum atomic E-state index is 11.4. The normalized spacial score (nSPS) is 18.4. The molecular weight excluding hydrogens is 250 g/mol. The minimum Gasteiger partial charge on any atom is -0.351 e. The van der Waals surface area contributed by atoms with Crippen molar-refractivity contribution in [1.82, 2.24) is 21.3 Å². The highest BCUT2D eigenvalue weighted by molar-refractivity contribution is 5.90. The summed E-state index contributed by atoms with van der Waals surface area (Å²) in [6.45, 7) is 2.08. The van der Waals surface area contributed by atoms with Gasteiger partial charge in [-0.05, 0) is 12.8 Å². The maximum Gasteiger partial charge on any atom is 0.313 e. The van der Waals surface area contributed by atoms with Crippen molar-refractivity contribution in [1.29, 1.82) is 0 Å². The minimum absolute atomic E-state index is 0.0162. The molecule has 0 aliphatic carbocycles. The summed E-state index contributed by atoms with van der Waals surface area (Å²) >= 11 is 0. The fraction of sp³-hybridized carbons (Fsp3) is 0.545. The van der Waals surface area contributed by atoms with E-state index in [2.05, 4.69) is 30.8 Å². The number of aromatic nitrogens is 1. The van der Waals surface area contributed by atoms with Gasteiger partial charge in [0.2, 0.25) is 5.76 Å². The second-order valence-corrected chi connectivity index (χ2v) is 3.94. The Balaban J connectivity index is 1.49. The van der Waals surface area contributed by atoms with E-state index in [-0.39, 0.29) is 12.0 Å². The van der Waals surface area contributed by atoms with Crippen LogP contribution in [0.1, 0.15) is 23.4 Å². The van der Waals surface area contributed by atoms with E-state index in [0.29, 0.717) is 6.61 Å². The van der Waals surface area contributed by atoms with E-state index in [0.717, 1.165) is 25.9 Å². The third kappa shape index (κ3) is 4.78. The number of aliphatic imine (C=N–C) groups is 1. The van der Waals surface area contributed by atoms with Crippen LogP contribution in [-0.4, -0.2) is 43.3 Å². The van der Waals surface area contributed by atoms with Gasteiger partial charge in [-0.1, -0.05) is 5.16 Å². The fourth-order valence-corrected chi connectivity index (χ4v) is 1.53. The van der Waals surface area contributed by atoms with E-state index in [1.54, 1.807) is 0 Å². The van der Waals surface area contributed by atoms with Crippen molar-refractivity contribution >= 4 is 12.1 Å². The molecule has 3 N–H and O–H groups in total. The summed E-state index contributed by atoms with van der Waals surface area (Å²) in [5, 5.41) is 9.85. The van der Waals surface area contributed by atoms with Crippen LogP contribution < -0.4 is 16.1 Å². The number of hydrogen-bond acceptors (Lipinski definition) is 7. The van der Waals surface area contributed by atoms with Crippen LogP contribution in [0.25, 0.3) is 0 Å². The number of amides is 1. The second kappa shape index (κ2) is 7.62. The molecule has 1 unspecified atom stereocenters. The van der Waals surface area contributed by atoms with Crippen molar-refractivity contribution in [2.75, 3.05) is 19.7 Å². The molecule has 0 bridgehead atoms. The smallest absolute Gasteiger partial charge is 0.313 e. The van der Waals surface area contributed by atoms with Crippen molar-refractivity contribution in [3.8, 4) is 0 Å². The van der Waals surface area contributed by atoms with E-state index < -0.39 is 5.91 Å². The summed E-state index contributed by atoms with van der Waals surface area (Å²) in [4.78, 5) is 20.6. The van der Waals surface area contributed by atoms with Gasteiger partial charge in [-0.2, -0.15) is 0 Å². The molecule has 0 saturated carbocycles. The molecule has 1 aromatic heterocycles. The lowest BCUT2D eigenvalue weighted by Gasteiger charge is -2.18. The van der Waals surface area contributed by atoms with Crippen LogP contribution in [0.3, 0.4) is 0 Å². The molecule has 0 radical (unpaired) electrons. The third-order valence-corrected chi connectivity index (χ3v) is 2.45. The highest BCUT2D eigenvalue weighted by Crippen LogP contribution is 1.95. The summed E-state index contributed by atoms with van der Waals surface area (Å²) < 4.78 is 4.67. The summed E-state index contributed by atoms with van der Waals surface area (Å²) in [7, 11) is 0. The molecule has 0 fully saturated rings. The van der Waals surface area contributed by atoms with Crippen LogP contribution >= 0.6 is 0 Å². The number of rotatable bonds is 7. The van der Waals surface area contributed by atoms with Gasteiger partial charge in [0.1, 0.15) is 0 Å². The average molecular weight is 267 g/mol. The first-order chi connectivity index (χ1) is 9.36. The van der Waals surface area contributed by atoms with Gasteiger partial charge in [0.25, 0.3) is 0 Å². The molecule has 0 spiro atoms. The number of hydrogen-bond donors (Lipinski definition) is 3. The highest BCUT2D eigenvalue weighted by Gasteiger charge is 2.09. The molecule has 0 saturated heterocycles. The molecule has 0 aromatic carbocycles. The Kier molecular flexibility index (Phi) is 5.48. The molecule has 1 atom stereocenters. The van der Waals surface area contributed by atoms with Crippen LogP contribution in [0.15, 0.2) is 21.8 Å². The zero-order valence-electron chi connectivity index (χ0n) is 10.5. The molecule has 1 aliphatic rings. The van der Waals surface area contributed by atoms with Gasteiger partial charge in [0.15, 0.2) is 6.29 Å². The first kappa shape index (κ1) is 13.7. The quantitative estimate of drug-likeness (QED) is 0.462. The summed E-state index contributed by atoms with van der Waals surface area (Å²) in [6, 6.07) is 1.47. The van der Waals surface area contributed by atoms with Gasteiger partial charge < -0.3 is 4.52 Å². The first-order valence-corrected chi connectivity index (χ1v) is 6.17. The molecule has 104 valence electrons. The zero-order valence-corrected chi connectivity index (χ0v) is 10.5. The Morgan fingerprint density at radius 3 is 3.32 bits per heavy atom. The van der Waals surface area contributed by atoms with Crippen LogP contribution in [0.4, 0.5) is 0 Å². The topological polar surface area (TPSA) is 101 Å². The van der Waals surface area contributed by atoms with E-state index in [4.69, 9.17) is 4.84 Å². The molecule has 2 heterocycles. The lowest BCUT2D eigenvalue weighted by Crippen LogP contribution is -2.44. The summed E-state index contributed by atoms with van der Waals surface area (Å²) in [6.07, 6.45) is 5.01. The van der Waals surface area contributed by atoms with E-state index in [1.807, 2.05) is 6.21 Å². The summed E-state index contributed by atoms with van der Waals surface area (Å²) in [5.41, 5.74) is 2.28. The molecule has 1 aliphatic heterocycles. The van der Waals surface area contributed by atoms with Crippen LogP contribution in [-0.2, 0) is 4.84 Å². The van der Waals surface area contributed by atoms with Crippen molar-refractivity contribution in [2.45, 2.75) is 19.1 Å². The fourth-order valence-electron chi connectivity index (χ4n) is 1.53. The SMILES string of the molecule is O=C(NOCCCNC1N=CCCN1)c1ccno1. The first-order valence-electron chi connectivity index (χ1n) is 6.17. The van der Waals surface area contributed by atoms with Crippen molar-refractivity contribution in [2.24, 2.45) is 4.99 Å². The zero-order chi connectivity index (χ0) is 13.3. The van der Waals surface area contributed by atoms with Gasteiger partial charge >= 0.3 is 5.91 Å². The lowest BCUT2D eigenvalue weighted by atomic mass is 10.4. The molecule has 8 heteroatoms. The Bertz CT molecular complexity index is 406. The van der Waals surface area contributed by atoms with E-state index >= 15 is 0 Å². The number of nitrogens with zero attached hydrogens (tertiary/aromatic N) is 2. The van der Waals surface area contributed by atoms with Gasteiger partial charge in [-0.25, -0.2) is 5.48 Å². The predicted octanol–water partition coefficient (Wildman–Crippen LogP) is -0.337. The minimum atomic E-state index is -0.441. The largest absolute Gasteiger partial charge is 0.351 e. The average Bonchev–Trinajstić information content (AvgIpc) is 2.98. The number of carbonyl (C=O) groups excluding carboxylic acids is 1. The van der Waals surface area contributed by atoms with Gasteiger partial charge in [-0.15, -0.1) is 0 Å². The second-order valence-electron chi connectivity index (χ2n) is 3.94. The number of nitrogens with one attached hydrogen (secondary N) is 3. The Morgan fingerprint density at radius 2 is 2.58 bits per heavy atom. The van der Waals surface area contributed by atoms with Crippen LogP contribution in [0, 0.1) is 0 Å². The molecule has 19 heavy (non-hydrogen) atoms. The molecule has 2 rings (SSSR count). The Hall–Kier alpha value is -1.77. The van der Waals surface area contributed by atoms with Crippen LogP contribution in [0.2, 0.25) is 0 Å². The third-order valence-electron chi connectivity index (χ3n) is 2.45. The van der Waals surface area contributed by atoms with Crippen molar-refractivity contribution < 1.29 is 14.2 Å². The van der Waals surface area contributed by atoms with Crippen molar-refractivity contribution in [3.63, 3.8) is 0 Å².